The normalized spacial score (nSPS) is 10.8. The molecule has 1 N–H and O–H groups in total. The van der Waals surface area contributed by atoms with Gasteiger partial charge in [0.2, 0.25) is 5.88 Å². The first-order chi connectivity index (χ1) is 12.1. The number of carbonyl (C=O) groups excluding carboxylic acids is 1. The summed E-state index contributed by atoms with van der Waals surface area (Å²) in [5.74, 6) is 0.623. The molecule has 6 heteroatoms. The maximum atomic E-state index is 12.5. The van der Waals surface area contributed by atoms with Crippen molar-refractivity contribution in [1.82, 2.24) is 10.3 Å². The number of ether oxygens (including phenoxy) is 1. The van der Waals surface area contributed by atoms with Crippen LogP contribution >= 0.6 is 15.9 Å². The lowest BCUT2D eigenvalue weighted by Crippen LogP contribution is -2.23. The fourth-order valence-electron chi connectivity index (χ4n) is 2.55. The largest absolute Gasteiger partial charge is 0.477 e. The van der Waals surface area contributed by atoms with Gasteiger partial charge >= 0.3 is 0 Å². The van der Waals surface area contributed by atoms with Crippen molar-refractivity contribution >= 4 is 32.8 Å². The quantitative estimate of drug-likeness (QED) is 0.653. The topological polar surface area (TPSA) is 64.4 Å². The Hall–Kier alpha value is -2.34. The Morgan fingerprint density at radius 3 is 3.00 bits per heavy atom. The van der Waals surface area contributed by atoms with Crippen molar-refractivity contribution in [3.8, 4) is 5.88 Å². The summed E-state index contributed by atoms with van der Waals surface area (Å²) < 4.78 is 12.3. The van der Waals surface area contributed by atoms with E-state index in [1.807, 2.05) is 44.2 Å². The van der Waals surface area contributed by atoms with E-state index in [1.165, 1.54) is 0 Å². The number of carbonyl (C=O) groups is 1. The van der Waals surface area contributed by atoms with E-state index in [1.54, 1.807) is 6.20 Å². The first-order valence-corrected chi connectivity index (χ1v) is 8.93. The fraction of sp³-hybridized carbons (Fsp3) is 0.263. The highest BCUT2D eigenvalue weighted by Crippen LogP contribution is 2.28. The second-order valence-corrected chi connectivity index (χ2v) is 6.61. The van der Waals surface area contributed by atoms with Crippen LogP contribution in [0, 0.1) is 6.92 Å². The zero-order valence-corrected chi connectivity index (χ0v) is 15.7. The predicted molar refractivity (Wildman–Crippen MR) is 99.8 cm³/mol. The zero-order chi connectivity index (χ0) is 17.8. The number of nitrogens with one attached hydrogen (secondary N) is 1. The van der Waals surface area contributed by atoms with E-state index < -0.39 is 0 Å². The van der Waals surface area contributed by atoms with Gasteiger partial charge in [-0.25, -0.2) is 4.98 Å². The molecular weight excluding hydrogens is 384 g/mol. The van der Waals surface area contributed by atoms with Crippen LogP contribution in [0.15, 0.2) is 45.4 Å². The van der Waals surface area contributed by atoms with Crippen molar-refractivity contribution < 1.29 is 13.9 Å². The van der Waals surface area contributed by atoms with E-state index in [9.17, 15) is 4.79 Å². The summed E-state index contributed by atoms with van der Waals surface area (Å²) in [5, 5.41) is 3.81. The third-order valence-electron chi connectivity index (χ3n) is 3.84. The Balaban J connectivity index is 1.76. The van der Waals surface area contributed by atoms with Crippen molar-refractivity contribution in [3.05, 3.63) is 57.9 Å². The molecular formula is C19H19BrN2O3. The maximum Gasteiger partial charge on any atom is 0.287 e. The molecule has 0 fully saturated rings. The van der Waals surface area contributed by atoms with Gasteiger partial charge in [-0.2, -0.15) is 0 Å². The summed E-state index contributed by atoms with van der Waals surface area (Å²) in [4.78, 5) is 16.8. The van der Waals surface area contributed by atoms with Gasteiger partial charge in [-0.1, -0.05) is 28.9 Å². The lowest BCUT2D eigenvalue weighted by atomic mass is 10.1. The molecule has 1 amide bonds. The van der Waals surface area contributed by atoms with Gasteiger partial charge in [0, 0.05) is 33.7 Å². The molecule has 2 heterocycles. The molecule has 5 nitrogen and oxygen atoms in total. The highest BCUT2D eigenvalue weighted by atomic mass is 79.9. The third-order valence-corrected chi connectivity index (χ3v) is 4.33. The smallest absolute Gasteiger partial charge is 0.287 e. The summed E-state index contributed by atoms with van der Waals surface area (Å²) in [6.45, 7) is 4.83. The molecule has 0 saturated heterocycles. The average molecular weight is 403 g/mol. The summed E-state index contributed by atoms with van der Waals surface area (Å²) in [7, 11) is 0. The molecule has 3 rings (SSSR count). The van der Waals surface area contributed by atoms with Crippen molar-refractivity contribution in [3.63, 3.8) is 0 Å². The predicted octanol–water partition coefficient (Wildman–Crippen LogP) is 4.62. The molecule has 0 aliphatic carbocycles. The highest BCUT2D eigenvalue weighted by molar-refractivity contribution is 9.10. The molecule has 1 aromatic carbocycles. The van der Waals surface area contributed by atoms with Crippen LogP contribution in [-0.2, 0) is 6.54 Å². The van der Waals surface area contributed by atoms with Gasteiger partial charge in [-0.3, -0.25) is 4.79 Å². The summed E-state index contributed by atoms with van der Waals surface area (Å²) in [6, 6.07) is 9.40. The highest BCUT2D eigenvalue weighted by Gasteiger charge is 2.18. The summed E-state index contributed by atoms with van der Waals surface area (Å²) in [5.41, 5.74) is 2.35. The number of furan rings is 1. The Kier molecular flexibility index (Phi) is 5.38. The third kappa shape index (κ3) is 3.85. The number of pyridine rings is 1. The molecule has 0 radical (unpaired) electrons. The monoisotopic (exact) mass is 402 g/mol. The number of benzene rings is 1. The van der Waals surface area contributed by atoms with E-state index in [-0.39, 0.29) is 5.91 Å². The lowest BCUT2D eigenvalue weighted by molar-refractivity contribution is 0.0924. The second-order valence-electron chi connectivity index (χ2n) is 5.70. The molecule has 0 spiro atoms. The summed E-state index contributed by atoms with van der Waals surface area (Å²) in [6.07, 6.45) is 2.58. The fourth-order valence-corrected chi connectivity index (χ4v) is 2.91. The molecule has 0 aliphatic rings. The number of aryl methyl sites for hydroxylation is 1. The van der Waals surface area contributed by atoms with E-state index in [0.717, 1.165) is 27.4 Å². The van der Waals surface area contributed by atoms with Crippen LogP contribution in [0.2, 0.25) is 0 Å². The Labute approximate surface area is 154 Å². The molecule has 0 saturated carbocycles. The Morgan fingerprint density at radius 1 is 1.36 bits per heavy atom. The van der Waals surface area contributed by atoms with Gasteiger partial charge in [0.05, 0.1) is 6.61 Å². The van der Waals surface area contributed by atoms with Gasteiger partial charge in [0.25, 0.3) is 5.91 Å². The average Bonchev–Trinajstić information content (AvgIpc) is 2.95. The molecule has 25 heavy (non-hydrogen) atoms. The van der Waals surface area contributed by atoms with Gasteiger partial charge in [-0.05, 0) is 37.6 Å². The van der Waals surface area contributed by atoms with Crippen molar-refractivity contribution in [2.45, 2.75) is 26.8 Å². The van der Waals surface area contributed by atoms with Crippen LogP contribution in [0.4, 0.5) is 0 Å². The molecule has 2 aromatic heterocycles. The lowest BCUT2D eigenvalue weighted by Gasteiger charge is -2.10. The summed E-state index contributed by atoms with van der Waals surface area (Å²) >= 11 is 3.44. The van der Waals surface area contributed by atoms with Crippen LogP contribution in [0.5, 0.6) is 5.88 Å². The number of fused-ring (bicyclic) bond motifs is 1. The minimum atomic E-state index is -0.255. The minimum Gasteiger partial charge on any atom is -0.477 e. The Bertz CT molecular complexity index is 905. The van der Waals surface area contributed by atoms with Crippen molar-refractivity contribution in [2.24, 2.45) is 0 Å². The number of hydrogen-bond donors (Lipinski definition) is 1. The Morgan fingerprint density at radius 2 is 2.20 bits per heavy atom. The minimum absolute atomic E-state index is 0.255. The van der Waals surface area contributed by atoms with E-state index in [0.29, 0.717) is 30.4 Å². The number of hydrogen-bond acceptors (Lipinski definition) is 4. The van der Waals surface area contributed by atoms with Crippen LogP contribution in [-0.4, -0.2) is 17.5 Å². The number of amides is 1. The molecule has 0 atom stereocenters. The van der Waals surface area contributed by atoms with E-state index in [2.05, 4.69) is 26.2 Å². The van der Waals surface area contributed by atoms with Crippen LogP contribution in [0.25, 0.3) is 11.0 Å². The van der Waals surface area contributed by atoms with Crippen molar-refractivity contribution in [1.29, 1.82) is 0 Å². The molecule has 0 aliphatic heterocycles. The van der Waals surface area contributed by atoms with E-state index in [4.69, 9.17) is 9.15 Å². The first-order valence-electron chi connectivity index (χ1n) is 8.13. The van der Waals surface area contributed by atoms with Crippen LogP contribution in [0.3, 0.4) is 0 Å². The van der Waals surface area contributed by atoms with Gasteiger partial charge in [0.1, 0.15) is 5.58 Å². The standard InChI is InChI=1S/C19H19BrN2O3/c1-3-9-24-19-13(5-4-8-21-19)11-22-18(23)17-12(2)15-10-14(20)6-7-16(15)25-17/h4-8,10H,3,9,11H2,1-2H3,(H,22,23). The zero-order valence-electron chi connectivity index (χ0n) is 14.1. The van der Waals surface area contributed by atoms with Crippen LogP contribution < -0.4 is 10.1 Å². The number of nitrogens with zero attached hydrogens (tertiary/aromatic N) is 1. The SMILES string of the molecule is CCCOc1ncccc1CNC(=O)c1oc2ccc(Br)cc2c1C. The van der Waals surface area contributed by atoms with Gasteiger partial charge in [-0.15, -0.1) is 0 Å². The van der Waals surface area contributed by atoms with Crippen molar-refractivity contribution in [2.75, 3.05) is 6.61 Å². The number of halogens is 1. The number of rotatable bonds is 6. The molecule has 0 unspecified atom stereocenters. The second kappa shape index (κ2) is 7.70. The maximum absolute atomic E-state index is 12.5. The van der Waals surface area contributed by atoms with Crippen LogP contribution in [0.1, 0.15) is 35.0 Å². The number of aromatic nitrogens is 1. The molecule has 3 aromatic rings. The van der Waals surface area contributed by atoms with Gasteiger partial charge < -0.3 is 14.5 Å². The molecule has 130 valence electrons. The van der Waals surface area contributed by atoms with Gasteiger partial charge in [0.15, 0.2) is 5.76 Å². The first kappa shape index (κ1) is 17.5. The van der Waals surface area contributed by atoms with E-state index >= 15 is 0 Å². The molecule has 0 bridgehead atoms.